The number of alkyl halides is 1. The Morgan fingerprint density at radius 3 is 1.56 bits per heavy atom. The van der Waals surface area contributed by atoms with Crippen molar-refractivity contribution < 1.29 is 14.0 Å². The average molecular weight is 136 g/mol. The number of hydrogen-bond donors (Lipinski definition) is 2. The van der Waals surface area contributed by atoms with Gasteiger partial charge in [-0.2, -0.15) is 0 Å². The number of rotatable bonds is 1. The molecule has 0 heterocycles. The Morgan fingerprint density at radius 2 is 1.56 bits per heavy atom. The highest BCUT2D eigenvalue weighted by atomic mass is 19.1. The molecule has 0 unspecified atom stereocenters. The van der Waals surface area contributed by atoms with Crippen molar-refractivity contribution in [2.75, 3.05) is 6.67 Å². The van der Waals surface area contributed by atoms with E-state index in [-0.39, 0.29) is 5.91 Å². The fraction of sp³-hybridized carbons (Fsp3) is 0.500. The molecule has 0 aromatic carbocycles. The van der Waals surface area contributed by atoms with E-state index >= 15 is 0 Å². The van der Waals surface area contributed by atoms with E-state index in [2.05, 4.69) is 11.5 Å². The smallest absolute Gasteiger partial charge is 0.248 e. The molecule has 0 aromatic heterocycles. The van der Waals surface area contributed by atoms with Crippen LogP contribution in [0.25, 0.3) is 0 Å². The molecule has 4 nitrogen and oxygen atoms in total. The molecule has 0 saturated carbocycles. The van der Waals surface area contributed by atoms with Crippen LogP contribution in [-0.2, 0) is 9.59 Å². The predicted octanol–water partition coefficient (Wildman–Crippen LogP) is -1.07. The van der Waals surface area contributed by atoms with Gasteiger partial charge in [0.2, 0.25) is 11.8 Å². The molecule has 4 N–H and O–H groups in total. The molecular weight excluding hydrogens is 127 g/mol. The van der Waals surface area contributed by atoms with Gasteiger partial charge >= 0.3 is 0 Å². The molecule has 2 amide bonds. The molecule has 0 aliphatic rings. The fourth-order valence-electron chi connectivity index (χ4n) is 0. The van der Waals surface area contributed by atoms with Gasteiger partial charge in [0.15, 0.2) is 6.67 Å². The van der Waals surface area contributed by atoms with E-state index in [1.807, 2.05) is 0 Å². The van der Waals surface area contributed by atoms with E-state index in [0.717, 1.165) is 0 Å². The van der Waals surface area contributed by atoms with E-state index in [1.54, 1.807) is 0 Å². The van der Waals surface area contributed by atoms with Gasteiger partial charge in [0, 0.05) is 6.92 Å². The first-order valence-corrected chi connectivity index (χ1v) is 2.11. The van der Waals surface area contributed by atoms with Gasteiger partial charge in [-0.15, -0.1) is 0 Å². The Kier molecular flexibility index (Phi) is 8.23. The Bertz CT molecular complexity index is 101. The molecule has 9 heavy (non-hydrogen) atoms. The molecule has 0 aromatic rings. The third-order valence-electron chi connectivity index (χ3n) is 0.132. The number of amides is 2. The van der Waals surface area contributed by atoms with Crippen molar-refractivity contribution in [3.8, 4) is 0 Å². The van der Waals surface area contributed by atoms with Crippen molar-refractivity contribution in [2.45, 2.75) is 6.92 Å². The highest BCUT2D eigenvalue weighted by Gasteiger charge is 1.81. The Labute approximate surface area is 52.0 Å². The van der Waals surface area contributed by atoms with Gasteiger partial charge in [0.1, 0.15) is 0 Å². The summed E-state index contributed by atoms with van der Waals surface area (Å²) < 4.78 is 10.6. The van der Waals surface area contributed by atoms with Crippen LogP contribution < -0.4 is 11.5 Å². The van der Waals surface area contributed by atoms with Gasteiger partial charge in [0.25, 0.3) is 0 Å². The average Bonchev–Trinajstić information content (AvgIpc) is 1.65. The molecule has 0 fully saturated rings. The Morgan fingerprint density at radius 1 is 1.44 bits per heavy atom. The third kappa shape index (κ3) is 215. The largest absolute Gasteiger partial charge is 0.370 e. The zero-order chi connectivity index (χ0) is 7.86. The lowest BCUT2D eigenvalue weighted by Gasteiger charge is -1.70. The maximum atomic E-state index is 10.6. The maximum absolute atomic E-state index is 10.6. The van der Waals surface area contributed by atoms with Crippen molar-refractivity contribution >= 4 is 11.8 Å². The fourth-order valence-corrected chi connectivity index (χ4v) is 0. The summed E-state index contributed by atoms with van der Waals surface area (Å²) in [6.45, 7) is 0.250. The normalized spacial score (nSPS) is 6.89. The van der Waals surface area contributed by atoms with E-state index in [1.165, 1.54) is 6.92 Å². The Hall–Kier alpha value is -1.13. The summed E-state index contributed by atoms with van der Waals surface area (Å²) in [6.07, 6.45) is 0. The van der Waals surface area contributed by atoms with Crippen LogP contribution in [0, 0.1) is 0 Å². The SMILES string of the molecule is CC(N)=O.NC(=O)CF. The third-order valence-corrected chi connectivity index (χ3v) is 0.132. The quantitative estimate of drug-likeness (QED) is 0.481. The summed E-state index contributed by atoms with van der Waals surface area (Å²) in [4.78, 5) is 18.4. The molecule has 0 atom stereocenters. The van der Waals surface area contributed by atoms with E-state index in [4.69, 9.17) is 0 Å². The maximum Gasteiger partial charge on any atom is 0.248 e. The van der Waals surface area contributed by atoms with Crippen LogP contribution in [0.4, 0.5) is 4.39 Å². The number of carbonyl (C=O) groups is 2. The first kappa shape index (κ1) is 10.8. The van der Waals surface area contributed by atoms with Gasteiger partial charge in [-0.1, -0.05) is 0 Å². The standard InChI is InChI=1S/C2H4FNO.C2H5NO/c3-1-2(4)5;1-2(3)4/h1H2,(H2,4,5);1H3,(H2,3,4). The monoisotopic (exact) mass is 136 g/mol. The van der Waals surface area contributed by atoms with E-state index in [9.17, 15) is 14.0 Å². The van der Waals surface area contributed by atoms with Crippen molar-refractivity contribution in [1.29, 1.82) is 0 Å². The first-order chi connectivity index (χ1) is 4.00. The molecule has 0 aliphatic carbocycles. The Balaban J connectivity index is 0. The number of carbonyl (C=O) groups excluding carboxylic acids is 2. The van der Waals surface area contributed by atoms with Crippen molar-refractivity contribution in [2.24, 2.45) is 11.5 Å². The number of hydrogen-bond acceptors (Lipinski definition) is 2. The van der Waals surface area contributed by atoms with Gasteiger partial charge in [-0.3, -0.25) is 9.59 Å². The second-order valence-electron chi connectivity index (χ2n) is 1.21. The molecule has 0 spiro atoms. The lowest BCUT2D eigenvalue weighted by atomic mass is 10.7. The van der Waals surface area contributed by atoms with Crippen molar-refractivity contribution in [1.82, 2.24) is 0 Å². The number of primary amides is 2. The van der Waals surface area contributed by atoms with Crippen molar-refractivity contribution in [3.63, 3.8) is 0 Å². The minimum Gasteiger partial charge on any atom is -0.370 e. The lowest BCUT2D eigenvalue weighted by molar-refractivity contribution is -0.119. The minimum absolute atomic E-state index is 0.333. The molecule has 5 heteroatoms. The van der Waals surface area contributed by atoms with E-state index < -0.39 is 12.6 Å². The number of halogens is 1. The van der Waals surface area contributed by atoms with E-state index in [0.29, 0.717) is 0 Å². The summed E-state index contributed by atoms with van der Waals surface area (Å²) >= 11 is 0. The molecule has 0 bridgehead atoms. The van der Waals surface area contributed by atoms with Crippen LogP contribution in [0.5, 0.6) is 0 Å². The second kappa shape index (κ2) is 6.87. The minimum atomic E-state index is -1.06. The summed E-state index contributed by atoms with van der Waals surface area (Å²) in [5, 5.41) is 0. The van der Waals surface area contributed by atoms with Crippen LogP contribution in [-0.4, -0.2) is 18.5 Å². The van der Waals surface area contributed by atoms with Crippen LogP contribution in [0.1, 0.15) is 6.92 Å². The zero-order valence-electron chi connectivity index (χ0n) is 5.06. The van der Waals surface area contributed by atoms with Crippen LogP contribution in [0.15, 0.2) is 0 Å². The van der Waals surface area contributed by atoms with Gasteiger partial charge in [-0.05, 0) is 0 Å². The molecule has 0 radical (unpaired) electrons. The first-order valence-electron chi connectivity index (χ1n) is 2.11. The summed E-state index contributed by atoms with van der Waals surface area (Å²) in [7, 11) is 0. The molecule has 0 rings (SSSR count). The van der Waals surface area contributed by atoms with Crippen LogP contribution >= 0.6 is 0 Å². The predicted molar refractivity (Wildman–Crippen MR) is 30.0 cm³/mol. The highest BCUT2D eigenvalue weighted by Crippen LogP contribution is 1.55. The summed E-state index contributed by atoms with van der Waals surface area (Å²) in [6, 6.07) is 0. The van der Waals surface area contributed by atoms with Crippen molar-refractivity contribution in [3.05, 3.63) is 0 Å². The van der Waals surface area contributed by atoms with Crippen LogP contribution in [0.3, 0.4) is 0 Å². The topological polar surface area (TPSA) is 86.2 Å². The summed E-state index contributed by atoms with van der Waals surface area (Å²) in [5.74, 6) is -1.25. The molecule has 54 valence electrons. The molecular formula is C4H9FN2O2. The van der Waals surface area contributed by atoms with Crippen LogP contribution in [0.2, 0.25) is 0 Å². The molecule has 0 saturated heterocycles. The lowest BCUT2D eigenvalue weighted by Crippen LogP contribution is -2.11. The van der Waals surface area contributed by atoms with Gasteiger partial charge in [-0.25, -0.2) is 4.39 Å². The zero-order valence-corrected chi connectivity index (χ0v) is 5.06. The highest BCUT2D eigenvalue weighted by molar-refractivity contribution is 5.74. The van der Waals surface area contributed by atoms with Gasteiger partial charge in [0.05, 0.1) is 0 Å². The second-order valence-corrected chi connectivity index (χ2v) is 1.21. The molecule has 0 aliphatic heterocycles. The van der Waals surface area contributed by atoms with Gasteiger partial charge < -0.3 is 11.5 Å². The summed E-state index contributed by atoms with van der Waals surface area (Å²) in [5.41, 5.74) is 8.75. The number of nitrogens with two attached hydrogens (primary N) is 2.